The van der Waals surface area contributed by atoms with Crippen LogP contribution in [0.5, 0.6) is 0 Å². The second-order valence-electron chi connectivity index (χ2n) is 7.46. The van der Waals surface area contributed by atoms with Crippen LogP contribution in [0.15, 0.2) is 0 Å². The summed E-state index contributed by atoms with van der Waals surface area (Å²) >= 11 is 0. The second kappa shape index (κ2) is 14.4. The van der Waals surface area contributed by atoms with Gasteiger partial charge in [0.15, 0.2) is 0 Å². The van der Waals surface area contributed by atoms with Gasteiger partial charge < -0.3 is 68.5 Å². The molecule has 14 N–H and O–H groups in total. The molecule has 1 fully saturated rings. The maximum atomic E-state index is 12.3. The summed E-state index contributed by atoms with van der Waals surface area (Å²) in [6.07, 6.45) is -21.0. The van der Waals surface area contributed by atoms with Gasteiger partial charge in [0.25, 0.3) is 0 Å². The molecular formula is C6H20O30P8. The Morgan fingerprint density at radius 2 is 0.432 bits per heavy atom. The SMILES string of the molecule is O=P(O)(O)OC1[C@@H](OP(=O)(O)O)[C@H](OP(=O)(O)OP(=O)(O)O)C(OP(=O)(O)O)[C@H](OP(=O)(O)OP(=O)(O)O)[C@@H]1OP(=O)(O)O. The van der Waals surface area contributed by atoms with Crippen molar-refractivity contribution in [1.29, 1.82) is 0 Å². The van der Waals surface area contributed by atoms with Crippen molar-refractivity contribution in [2.75, 3.05) is 0 Å². The van der Waals surface area contributed by atoms with Crippen molar-refractivity contribution in [2.24, 2.45) is 0 Å². The molecule has 0 amide bonds. The van der Waals surface area contributed by atoms with Gasteiger partial charge in [-0.15, -0.1) is 0 Å². The Morgan fingerprint density at radius 1 is 0.273 bits per heavy atom. The highest BCUT2D eigenvalue weighted by Crippen LogP contribution is 2.64. The summed E-state index contributed by atoms with van der Waals surface area (Å²) in [7, 11) is -50.6. The lowest BCUT2D eigenvalue weighted by Gasteiger charge is -2.48. The van der Waals surface area contributed by atoms with Gasteiger partial charge in [0, 0.05) is 0 Å². The van der Waals surface area contributed by atoms with E-state index in [-0.39, 0.29) is 0 Å². The zero-order valence-corrected chi connectivity index (χ0v) is 27.0. The number of phosphoric acid groups is 8. The van der Waals surface area contributed by atoms with Crippen molar-refractivity contribution in [3.8, 4) is 0 Å². The standard InChI is InChI=1S/C6H20O30P8/c7-37(8,9)29-1-2(30-38(10,11)12)5(33-43(25,26)35-41(19,20)21)4(32-40(16,17)18)6(3(1)31-39(13,14)15)34-44(27,28)36-42(22,23)24/h1-6H,(H,25,26)(H,27,28)(H2,7,8,9)(H2,10,11,12)(H2,13,14,15)(H2,16,17,18)(H2,19,20,21)(H2,22,23,24)/t1?,2-,3-,4?,5-,6+/m1/s1. The van der Waals surface area contributed by atoms with Crippen LogP contribution in [0.25, 0.3) is 0 Å². The van der Waals surface area contributed by atoms with Crippen LogP contribution in [0.3, 0.4) is 0 Å². The highest BCUT2D eigenvalue weighted by molar-refractivity contribution is 7.61. The fourth-order valence-corrected chi connectivity index (χ4v) is 8.87. The van der Waals surface area contributed by atoms with Gasteiger partial charge in [-0.1, -0.05) is 0 Å². The molecule has 0 aliphatic heterocycles. The van der Waals surface area contributed by atoms with Crippen molar-refractivity contribution in [1.82, 2.24) is 0 Å². The second-order valence-corrected chi connectivity index (χ2v) is 17.8. The van der Waals surface area contributed by atoms with Crippen LogP contribution < -0.4 is 0 Å². The van der Waals surface area contributed by atoms with Crippen LogP contribution in [-0.4, -0.2) is 105 Å². The highest BCUT2D eigenvalue weighted by Gasteiger charge is 2.63. The first-order valence-electron chi connectivity index (χ1n) is 9.50. The van der Waals surface area contributed by atoms with E-state index >= 15 is 0 Å². The molecule has 0 saturated heterocycles. The van der Waals surface area contributed by atoms with E-state index in [2.05, 4.69) is 35.8 Å². The zero-order chi connectivity index (χ0) is 35.1. The lowest BCUT2D eigenvalue weighted by atomic mass is 9.85. The van der Waals surface area contributed by atoms with E-state index < -0.39 is 99.2 Å². The monoisotopic (exact) mass is 820 g/mol. The van der Waals surface area contributed by atoms with Gasteiger partial charge in [0.05, 0.1) is 0 Å². The van der Waals surface area contributed by atoms with Crippen molar-refractivity contribution in [2.45, 2.75) is 36.6 Å². The number of rotatable bonds is 16. The minimum absolute atomic E-state index is 3.36. The summed E-state index contributed by atoms with van der Waals surface area (Å²) in [5.41, 5.74) is 0. The quantitative estimate of drug-likeness (QED) is 0.0694. The topological polar surface area (TPSA) is 494 Å². The van der Waals surface area contributed by atoms with E-state index in [1.807, 2.05) is 0 Å². The molecular weight excluding hydrogens is 800 g/mol. The van der Waals surface area contributed by atoms with Gasteiger partial charge in [-0.2, -0.15) is 8.62 Å². The Labute approximate surface area is 240 Å². The fraction of sp³-hybridized carbons (Fsp3) is 1.00. The van der Waals surface area contributed by atoms with Crippen molar-refractivity contribution < 1.29 is 141 Å². The highest BCUT2D eigenvalue weighted by atomic mass is 31.3. The van der Waals surface area contributed by atoms with Crippen molar-refractivity contribution in [3.05, 3.63) is 0 Å². The third-order valence-electron chi connectivity index (χ3n) is 3.91. The summed E-state index contributed by atoms with van der Waals surface area (Å²) in [6.45, 7) is 0. The summed E-state index contributed by atoms with van der Waals surface area (Å²) in [5.74, 6) is 0. The predicted molar refractivity (Wildman–Crippen MR) is 123 cm³/mol. The minimum atomic E-state index is -6.55. The molecule has 264 valence electrons. The van der Waals surface area contributed by atoms with Crippen LogP contribution in [0.2, 0.25) is 0 Å². The molecule has 0 bridgehead atoms. The average Bonchev–Trinajstić information content (AvgIpc) is 2.62. The lowest BCUT2D eigenvalue weighted by molar-refractivity contribution is -0.201. The Bertz CT molecular complexity index is 1310. The molecule has 0 spiro atoms. The van der Waals surface area contributed by atoms with E-state index in [1.54, 1.807) is 0 Å². The Hall–Kier alpha value is 0.960. The predicted octanol–water partition coefficient (Wildman–Crippen LogP) is -2.90. The maximum absolute atomic E-state index is 12.3. The Kier molecular flexibility index (Phi) is 14.1. The summed E-state index contributed by atoms with van der Waals surface area (Å²) in [5, 5.41) is 0. The molecule has 38 heteroatoms. The number of phosphoric ester groups is 6. The van der Waals surface area contributed by atoms with Gasteiger partial charge in [0.2, 0.25) is 0 Å². The molecule has 0 heterocycles. The largest absolute Gasteiger partial charge is 0.481 e. The molecule has 1 aliphatic rings. The molecule has 0 aromatic rings. The van der Waals surface area contributed by atoms with Gasteiger partial charge in [-0.25, -0.2) is 36.5 Å². The van der Waals surface area contributed by atoms with Gasteiger partial charge in [-0.05, 0) is 0 Å². The van der Waals surface area contributed by atoms with Crippen LogP contribution in [0, 0.1) is 0 Å². The third-order valence-corrected chi connectivity index (χ3v) is 10.4. The molecule has 30 nitrogen and oxygen atoms in total. The summed E-state index contributed by atoms with van der Waals surface area (Å²) < 4.78 is 125. The van der Waals surface area contributed by atoms with E-state index in [4.69, 9.17) is 19.6 Å². The van der Waals surface area contributed by atoms with Crippen LogP contribution >= 0.6 is 62.6 Å². The lowest BCUT2D eigenvalue weighted by Crippen LogP contribution is -2.66. The first-order chi connectivity index (χ1) is 19.0. The maximum Gasteiger partial charge on any atom is 0.481 e. The van der Waals surface area contributed by atoms with Gasteiger partial charge in [-0.3, -0.25) is 27.1 Å². The fourth-order valence-electron chi connectivity index (χ4n) is 3.09. The van der Waals surface area contributed by atoms with Gasteiger partial charge in [0.1, 0.15) is 36.6 Å². The summed E-state index contributed by atoms with van der Waals surface area (Å²) in [4.78, 5) is 129. The van der Waals surface area contributed by atoms with E-state index in [0.29, 0.717) is 0 Å². The number of hydrogen-bond donors (Lipinski definition) is 14. The zero-order valence-electron chi connectivity index (χ0n) is 19.8. The van der Waals surface area contributed by atoms with E-state index in [9.17, 15) is 85.5 Å². The summed E-state index contributed by atoms with van der Waals surface area (Å²) in [6, 6.07) is 0. The van der Waals surface area contributed by atoms with Crippen LogP contribution in [0.1, 0.15) is 0 Å². The molecule has 1 saturated carbocycles. The molecule has 1 aliphatic carbocycles. The first-order valence-corrected chi connectivity index (χ1v) is 21.7. The average molecular weight is 820 g/mol. The minimum Gasteiger partial charge on any atom is -0.303 e. The van der Waals surface area contributed by atoms with Crippen LogP contribution in [-0.2, 0) is 72.3 Å². The van der Waals surface area contributed by atoms with E-state index in [1.165, 1.54) is 0 Å². The van der Waals surface area contributed by atoms with Crippen LogP contribution in [0.4, 0.5) is 0 Å². The molecule has 1 rings (SSSR count). The van der Waals surface area contributed by atoms with Crippen molar-refractivity contribution >= 4 is 62.6 Å². The Balaban J connectivity index is 4.23. The van der Waals surface area contributed by atoms with E-state index in [0.717, 1.165) is 0 Å². The number of hydrogen-bond acceptors (Lipinski definition) is 16. The molecule has 4 unspecified atom stereocenters. The first kappa shape index (κ1) is 43.0. The Morgan fingerprint density at radius 3 is 0.568 bits per heavy atom. The molecule has 0 aromatic heterocycles. The normalized spacial score (nSPS) is 29.1. The molecule has 44 heavy (non-hydrogen) atoms. The third kappa shape index (κ3) is 16.9. The van der Waals surface area contributed by atoms with Gasteiger partial charge >= 0.3 is 62.6 Å². The smallest absolute Gasteiger partial charge is 0.303 e. The molecule has 0 aromatic carbocycles. The molecule has 0 radical (unpaired) electrons. The van der Waals surface area contributed by atoms with Crippen molar-refractivity contribution in [3.63, 3.8) is 0 Å². The molecule has 8 atom stereocenters.